The van der Waals surface area contributed by atoms with Crippen LogP contribution in [-0.4, -0.2) is 27.5 Å². The molecule has 1 aromatic rings. The van der Waals surface area contributed by atoms with E-state index in [9.17, 15) is 14.3 Å². The van der Waals surface area contributed by atoms with Crippen LogP contribution in [0.5, 0.6) is 0 Å². The van der Waals surface area contributed by atoms with Gasteiger partial charge in [0.05, 0.1) is 15.7 Å². The van der Waals surface area contributed by atoms with E-state index in [-0.39, 0.29) is 11.7 Å². The van der Waals surface area contributed by atoms with Crippen molar-refractivity contribution >= 4 is 16.5 Å². The second-order valence-corrected chi connectivity index (χ2v) is 5.61. The summed E-state index contributed by atoms with van der Waals surface area (Å²) in [5.41, 5.74) is 0.0212. The van der Waals surface area contributed by atoms with E-state index < -0.39 is 15.7 Å². The van der Waals surface area contributed by atoms with Crippen LogP contribution in [0.4, 0.5) is 5.69 Å². The molecule has 0 saturated heterocycles. The summed E-state index contributed by atoms with van der Waals surface area (Å²) in [6.45, 7) is 4.96. The van der Waals surface area contributed by atoms with Gasteiger partial charge in [-0.15, -0.1) is 0 Å². The van der Waals surface area contributed by atoms with Crippen LogP contribution in [0.2, 0.25) is 0 Å². The van der Waals surface area contributed by atoms with Gasteiger partial charge in [-0.3, -0.25) is 14.3 Å². The summed E-state index contributed by atoms with van der Waals surface area (Å²) < 4.78 is 12.0. The molecule has 0 radical (unpaired) electrons. The summed E-state index contributed by atoms with van der Waals surface area (Å²) in [7, 11) is -1.12. The maximum atomic E-state index is 12.0. The van der Waals surface area contributed by atoms with Gasteiger partial charge >= 0.3 is 0 Å². The molecule has 5 nitrogen and oxygen atoms in total. The first-order valence-corrected chi connectivity index (χ1v) is 7.22. The number of rotatable bonds is 7. The lowest BCUT2D eigenvalue weighted by atomic mass is 10.3. The summed E-state index contributed by atoms with van der Waals surface area (Å²) in [5, 5.41) is 13.8. The first-order chi connectivity index (χ1) is 8.54. The van der Waals surface area contributed by atoms with Gasteiger partial charge in [-0.25, -0.2) is 0 Å². The summed E-state index contributed by atoms with van der Waals surface area (Å²) >= 11 is 0. The lowest BCUT2D eigenvalue weighted by molar-refractivity contribution is -0.384. The molecule has 100 valence electrons. The van der Waals surface area contributed by atoms with Crippen molar-refractivity contribution in [1.82, 2.24) is 5.32 Å². The molecule has 0 fully saturated rings. The molecule has 0 bridgehead atoms. The van der Waals surface area contributed by atoms with Gasteiger partial charge in [-0.1, -0.05) is 6.92 Å². The summed E-state index contributed by atoms with van der Waals surface area (Å²) in [4.78, 5) is 10.7. The number of hydrogen-bond acceptors (Lipinski definition) is 4. The Bertz CT molecular complexity index is 420. The topological polar surface area (TPSA) is 72.2 Å². The molecule has 2 unspecified atom stereocenters. The van der Waals surface area contributed by atoms with Gasteiger partial charge in [0.25, 0.3) is 5.69 Å². The Hall–Kier alpha value is -1.27. The summed E-state index contributed by atoms with van der Waals surface area (Å²) in [6.07, 6.45) is 1.04. The molecule has 0 spiro atoms. The van der Waals surface area contributed by atoms with E-state index in [4.69, 9.17) is 0 Å². The molecule has 1 rings (SSSR count). The summed E-state index contributed by atoms with van der Waals surface area (Å²) in [6, 6.07) is 6.05. The fourth-order valence-electron chi connectivity index (χ4n) is 1.49. The maximum Gasteiger partial charge on any atom is 0.269 e. The van der Waals surface area contributed by atoms with Crippen molar-refractivity contribution in [2.75, 3.05) is 12.3 Å². The van der Waals surface area contributed by atoms with E-state index in [1.165, 1.54) is 12.1 Å². The lowest BCUT2D eigenvalue weighted by Gasteiger charge is -2.12. The van der Waals surface area contributed by atoms with Crippen LogP contribution in [0.1, 0.15) is 20.3 Å². The number of benzene rings is 1. The average Bonchev–Trinajstić information content (AvgIpc) is 2.36. The van der Waals surface area contributed by atoms with E-state index in [0.29, 0.717) is 10.6 Å². The quantitative estimate of drug-likeness (QED) is 0.608. The fourth-order valence-corrected chi connectivity index (χ4v) is 2.70. The number of nitrogens with zero attached hydrogens (tertiary/aromatic N) is 1. The highest BCUT2D eigenvalue weighted by Gasteiger charge is 2.11. The highest BCUT2D eigenvalue weighted by Crippen LogP contribution is 2.15. The monoisotopic (exact) mass is 270 g/mol. The largest absolute Gasteiger partial charge is 0.313 e. The van der Waals surface area contributed by atoms with Gasteiger partial charge < -0.3 is 5.32 Å². The Morgan fingerprint density at radius 3 is 2.50 bits per heavy atom. The van der Waals surface area contributed by atoms with Gasteiger partial charge in [-0.05, 0) is 32.0 Å². The van der Waals surface area contributed by atoms with E-state index in [1.807, 2.05) is 6.92 Å². The second-order valence-electron chi connectivity index (χ2n) is 4.12. The van der Waals surface area contributed by atoms with E-state index in [1.54, 1.807) is 12.1 Å². The molecular weight excluding hydrogens is 252 g/mol. The van der Waals surface area contributed by atoms with Gasteiger partial charge in [0, 0.05) is 28.8 Å². The number of nitro groups is 1. The standard InChI is InChI=1S/C12H18N2O3S/c1-3-8-13-10(2)9-18(17)12-6-4-11(5-7-12)14(15)16/h4-7,10,13H,3,8-9H2,1-2H3. The molecule has 1 aromatic carbocycles. The molecule has 0 saturated carbocycles. The third kappa shape index (κ3) is 4.54. The predicted octanol–water partition coefficient (Wildman–Crippen LogP) is 2.09. The molecule has 2 atom stereocenters. The van der Waals surface area contributed by atoms with E-state index >= 15 is 0 Å². The Labute approximate surface area is 109 Å². The molecule has 1 N–H and O–H groups in total. The molecular formula is C12H18N2O3S. The zero-order chi connectivity index (χ0) is 13.5. The Balaban J connectivity index is 2.58. The van der Waals surface area contributed by atoms with Crippen molar-refractivity contribution in [3.05, 3.63) is 34.4 Å². The van der Waals surface area contributed by atoms with Gasteiger partial charge in [0.2, 0.25) is 0 Å². The van der Waals surface area contributed by atoms with E-state index in [2.05, 4.69) is 12.2 Å². The van der Waals surface area contributed by atoms with Crippen LogP contribution in [-0.2, 0) is 10.8 Å². The van der Waals surface area contributed by atoms with Crippen LogP contribution >= 0.6 is 0 Å². The molecule has 0 aromatic heterocycles. The van der Waals surface area contributed by atoms with Crippen LogP contribution in [0.25, 0.3) is 0 Å². The number of non-ortho nitro benzene ring substituents is 1. The Morgan fingerprint density at radius 1 is 1.39 bits per heavy atom. The van der Waals surface area contributed by atoms with Gasteiger partial charge in [0.15, 0.2) is 0 Å². The zero-order valence-electron chi connectivity index (χ0n) is 10.6. The molecule has 0 aliphatic rings. The molecule has 0 heterocycles. The number of hydrogen-bond donors (Lipinski definition) is 1. The van der Waals surface area contributed by atoms with Crippen molar-refractivity contribution in [2.24, 2.45) is 0 Å². The third-order valence-corrected chi connectivity index (χ3v) is 4.06. The smallest absolute Gasteiger partial charge is 0.269 e. The highest BCUT2D eigenvalue weighted by atomic mass is 32.2. The van der Waals surface area contributed by atoms with Crippen LogP contribution in [0.3, 0.4) is 0 Å². The Morgan fingerprint density at radius 2 is 2.00 bits per heavy atom. The van der Waals surface area contributed by atoms with Crippen LogP contribution < -0.4 is 5.32 Å². The van der Waals surface area contributed by atoms with Crippen molar-refractivity contribution in [1.29, 1.82) is 0 Å². The fraction of sp³-hybridized carbons (Fsp3) is 0.500. The highest BCUT2D eigenvalue weighted by molar-refractivity contribution is 7.85. The Kier molecular flexibility index (Phi) is 5.94. The van der Waals surface area contributed by atoms with Crippen molar-refractivity contribution in [2.45, 2.75) is 31.2 Å². The number of nitrogens with one attached hydrogen (secondary N) is 1. The zero-order valence-corrected chi connectivity index (χ0v) is 11.4. The normalized spacial score (nSPS) is 14.1. The average molecular weight is 270 g/mol. The van der Waals surface area contributed by atoms with Crippen molar-refractivity contribution in [3.8, 4) is 0 Å². The minimum Gasteiger partial charge on any atom is -0.313 e. The number of nitro benzene ring substituents is 1. The first-order valence-electron chi connectivity index (χ1n) is 5.90. The SMILES string of the molecule is CCCNC(C)CS(=O)c1ccc([N+](=O)[O-])cc1. The molecule has 18 heavy (non-hydrogen) atoms. The molecule has 6 heteroatoms. The van der Waals surface area contributed by atoms with Crippen molar-refractivity contribution in [3.63, 3.8) is 0 Å². The molecule has 0 aliphatic heterocycles. The third-order valence-electron chi connectivity index (χ3n) is 2.45. The lowest BCUT2D eigenvalue weighted by Crippen LogP contribution is -2.31. The minimum absolute atomic E-state index is 0.0212. The van der Waals surface area contributed by atoms with Crippen molar-refractivity contribution < 1.29 is 9.13 Å². The second kappa shape index (κ2) is 7.23. The maximum absolute atomic E-state index is 12.0. The minimum atomic E-state index is -1.12. The van der Waals surface area contributed by atoms with Gasteiger partial charge in [-0.2, -0.15) is 0 Å². The van der Waals surface area contributed by atoms with Crippen LogP contribution in [0.15, 0.2) is 29.2 Å². The van der Waals surface area contributed by atoms with E-state index in [0.717, 1.165) is 13.0 Å². The van der Waals surface area contributed by atoms with Gasteiger partial charge in [0.1, 0.15) is 0 Å². The molecule has 0 aliphatic carbocycles. The first kappa shape index (κ1) is 14.8. The van der Waals surface area contributed by atoms with Crippen LogP contribution in [0, 0.1) is 10.1 Å². The summed E-state index contributed by atoms with van der Waals surface area (Å²) in [5.74, 6) is 0.512. The molecule has 0 amide bonds. The predicted molar refractivity (Wildman–Crippen MR) is 72.1 cm³/mol.